The van der Waals surface area contributed by atoms with Crippen LogP contribution in [0.15, 0.2) is 18.2 Å². The molecule has 22 heavy (non-hydrogen) atoms. The molecule has 0 aliphatic heterocycles. The molecule has 2 rings (SSSR count). The van der Waals surface area contributed by atoms with E-state index in [1.54, 1.807) is 18.2 Å². The number of Topliss-reactive ketones (excluding diaryl/α,β-unsaturated/α-hetero) is 1. The van der Waals surface area contributed by atoms with E-state index in [9.17, 15) is 9.59 Å². The van der Waals surface area contributed by atoms with Gasteiger partial charge < -0.3 is 5.32 Å². The average molecular weight is 366 g/mol. The first kappa shape index (κ1) is 17.2. The standard InChI is InChI=1S/C18H24BrNO2/c1-13-11-15(7-8-16(13)17(21)12-19)18(22)20-10-9-14-5-3-2-4-6-14/h7-8,11,14H,2-6,9-10,12H2,1H3,(H,20,22). The first-order valence-electron chi connectivity index (χ1n) is 8.10. The van der Waals surface area contributed by atoms with Crippen LogP contribution >= 0.6 is 15.9 Å². The molecule has 1 N–H and O–H groups in total. The number of halogens is 1. The zero-order chi connectivity index (χ0) is 15.9. The van der Waals surface area contributed by atoms with Crippen molar-refractivity contribution in [1.82, 2.24) is 5.32 Å². The highest BCUT2D eigenvalue weighted by Crippen LogP contribution is 2.25. The van der Waals surface area contributed by atoms with E-state index in [-0.39, 0.29) is 11.7 Å². The summed E-state index contributed by atoms with van der Waals surface area (Å²) in [5.74, 6) is 0.772. The minimum atomic E-state index is -0.0447. The molecule has 0 radical (unpaired) electrons. The van der Waals surface area contributed by atoms with Crippen molar-refractivity contribution in [3.63, 3.8) is 0 Å². The van der Waals surface area contributed by atoms with Crippen molar-refractivity contribution in [3.05, 3.63) is 34.9 Å². The zero-order valence-corrected chi connectivity index (χ0v) is 14.7. The topological polar surface area (TPSA) is 46.2 Å². The maximum absolute atomic E-state index is 12.2. The molecule has 1 aliphatic carbocycles. The largest absolute Gasteiger partial charge is 0.352 e. The summed E-state index contributed by atoms with van der Waals surface area (Å²) >= 11 is 3.18. The Hall–Kier alpha value is -1.16. The summed E-state index contributed by atoms with van der Waals surface area (Å²) in [5.41, 5.74) is 2.16. The second-order valence-corrected chi connectivity index (χ2v) is 6.70. The predicted molar refractivity (Wildman–Crippen MR) is 92.8 cm³/mol. The number of carbonyl (C=O) groups is 2. The van der Waals surface area contributed by atoms with Gasteiger partial charge in [0.05, 0.1) is 5.33 Å². The van der Waals surface area contributed by atoms with E-state index in [1.807, 2.05) is 6.92 Å². The summed E-state index contributed by atoms with van der Waals surface area (Å²) < 4.78 is 0. The Balaban J connectivity index is 1.86. The van der Waals surface area contributed by atoms with Crippen LogP contribution in [0.2, 0.25) is 0 Å². The Labute approximate surface area is 141 Å². The molecule has 0 spiro atoms. The maximum Gasteiger partial charge on any atom is 0.251 e. The fourth-order valence-electron chi connectivity index (χ4n) is 3.16. The van der Waals surface area contributed by atoms with Crippen molar-refractivity contribution in [1.29, 1.82) is 0 Å². The lowest BCUT2D eigenvalue weighted by molar-refractivity contribution is 0.0948. The Kier molecular flexibility index (Phi) is 6.62. The van der Waals surface area contributed by atoms with Gasteiger partial charge in [0.1, 0.15) is 0 Å². The number of alkyl halides is 1. The second kappa shape index (κ2) is 8.47. The molecule has 0 heterocycles. The highest BCUT2D eigenvalue weighted by molar-refractivity contribution is 9.09. The van der Waals surface area contributed by atoms with Crippen LogP contribution in [0.25, 0.3) is 0 Å². The summed E-state index contributed by atoms with van der Waals surface area (Å²) in [6, 6.07) is 5.28. The minimum Gasteiger partial charge on any atom is -0.352 e. The molecular formula is C18H24BrNO2. The maximum atomic E-state index is 12.2. The number of benzene rings is 1. The summed E-state index contributed by atoms with van der Waals surface area (Å²) in [7, 11) is 0. The number of ketones is 1. The Morgan fingerprint density at radius 3 is 2.59 bits per heavy atom. The number of carbonyl (C=O) groups excluding carboxylic acids is 2. The molecule has 120 valence electrons. The number of hydrogen-bond donors (Lipinski definition) is 1. The molecule has 1 fully saturated rings. The molecule has 0 bridgehead atoms. The quantitative estimate of drug-likeness (QED) is 0.604. The number of hydrogen-bond acceptors (Lipinski definition) is 2. The van der Waals surface area contributed by atoms with Gasteiger partial charge in [0.2, 0.25) is 0 Å². The van der Waals surface area contributed by atoms with Gasteiger partial charge in [0.15, 0.2) is 5.78 Å². The molecular weight excluding hydrogens is 342 g/mol. The monoisotopic (exact) mass is 365 g/mol. The van der Waals surface area contributed by atoms with Gasteiger partial charge in [-0.3, -0.25) is 9.59 Å². The lowest BCUT2D eigenvalue weighted by Gasteiger charge is -2.21. The third-order valence-corrected chi connectivity index (χ3v) is 4.98. The van der Waals surface area contributed by atoms with E-state index >= 15 is 0 Å². The molecule has 1 saturated carbocycles. The molecule has 0 unspecified atom stereocenters. The van der Waals surface area contributed by atoms with E-state index in [0.717, 1.165) is 24.4 Å². The van der Waals surface area contributed by atoms with Crippen LogP contribution in [0.3, 0.4) is 0 Å². The van der Waals surface area contributed by atoms with Crippen molar-refractivity contribution in [3.8, 4) is 0 Å². The van der Waals surface area contributed by atoms with Crippen molar-refractivity contribution in [2.45, 2.75) is 45.4 Å². The lowest BCUT2D eigenvalue weighted by Crippen LogP contribution is -2.26. The third-order valence-electron chi connectivity index (χ3n) is 4.47. The second-order valence-electron chi connectivity index (χ2n) is 6.14. The molecule has 4 heteroatoms. The molecule has 1 aliphatic rings. The van der Waals surface area contributed by atoms with Gasteiger partial charge in [0, 0.05) is 17.7 Å². The van der Waals surface area contributed by atoms with E-state index < -0.39 is 0 Å². The number of amides is 1. The first-order valence-corrected chi connectivity index (χ1v) is 9.22. The zero-order valence-electron chi connectivity index (χ0n) is 13.2. The molecule has 0 atom stereocenters. The van der Waals surface area contributed by atoms with E-state index in [2.05, 4.69) is 21.2 Å². The van der Waals surface area contributed by atoms with Gasteiger partial charge in [-0.25, -0.2) is 0 Å². The third kappa shape index (κ3) is 4.67. The van der Waals surface area contributed by atoms with Crippen molar-refractivity contribution in [2.24, 2.45) is 5.92 Å². The number of nitrogens with one attached hydrogen (secondary N) is 1. The van der Waals surface area contributed by atoms with Gasteiger partial charge in [-0.2, -0.15) is 0 Å². The smallest absolute Gasteiger partial charge is 0.251 e. The summed E-state index contributed by atoms with van der Waals surface area (Å²) in [6.45, 7) is 2.61. The summed E-state index contributed by atoms with van der Waals surface area (Å²) in [4.78, 5) is 23.9. The van der Waals surface area contributed by atoms with E-state index in [1.165, 1.54) is 32.1 Å². The normalized spacial score (nSPS) is 15.5. The van der Waals surface area contributed by atoms with E-state index in [4.69, 9.17) is 0 Å². The molecule has 0 saturated heterocycles. The molecule has 1 aromatic rings. The van der Waals surface area contributed by atoms with Crippen LogP contribution < -0.4 is 5.32 Å². The fraction of sp³-hybridized carbons (Fsp3) is 0.556. The van der Waals surface area contributed by atoms with Crippen LogP contribution in [-0.2, 0) is 0 Å². The molecule has 1 amide bonds. The minimum absolute atomic E-state index is 0.0433. The highest BCUT2D eigenvalue weighted by Gasteiger charge is 2.14. The average Bonchev–Trinajstić information content (AvgIpc) is 2.55. The van der Waals surface area contributed by atoms with Gasteiger partial charge in [-0.05, 0) is 37.0 Å². The molecule has 0 aromatic heterocycles. The molecule has 3 nitrogen and oxygen atoms in total. The van der Waals surface area contributed by atoms with E-state index in [0.29, 0.717) is 16.5 Å². The molecule has 1 aromatic carbocycles. The fourth-order valence-corrected chi connectivity index (χ4v) is 3.46. The SMILES string of the molecule is Cc1cc(C(=O)NCCC2CCCCC2)ccc1C(=O)CBr. The predicted octanol–water partition coefficient (Wildman–Crippen LogP) is 4.27. The lowest BCUT2D eigenvalue weighted by atomic mass is 9.87. The summed E-state index contributed by atoms with van der Waals surface area (Å²) in [5, 5.41) is 3.31. The Bertz CT molecular complexity index is 536. The van der Waals surface area contributed by atoms with Crippen molar-refractivity contribution < 1.29 is 9.59 Å². The van der Waals surface area contributed by atoms with Crippen LogP contribution in [0.4, 0.5) is 0 Å². The van der Waals surface area contributed by atoms with Crippen LogP contribution in [0.1, 0.15) is 64.8 Å². The highest BCUT2D eigenvalue weighted by atomic mass is 79.9. The van der Waals surface area contributed by atoms with Crippen LogP contribution in [-0.4, -0.2) is 23.6 Å². The Morgan fingerprint density at radius 2 is 1.95 bits per heavy atom. The first-order chi connectivity index (χ1) is 10.6. The number of aryl methyl sites for hydroxylation is 1. The van der Waals surface area contributed by atoms with Gasteiger partial charge in [-0.15, -0.1) is 0 Å². The number of rotatable bonds is 6. The van der Waals surface area contributed by atoms with Crippen LogP contribution in [0.5, 0.6) is 0 Å². The van der Waals surface area contributed by atoms with Gasteiger partial charge >= 0.3 is 0 Å². The van der Waals surface area contributed by atoms with Crippen molar-refractivity contribution in [2.75, 3.05) is 11.9 Å². The van der Waals surface area contributed by atoms with Crippen molar-refractivity contribution >= 4 is 27.6 Å². The summed E-state index contributed by atoms with van der Waals surface area (Å²) in [6.07, 6.45) is 7.71. The van der Waals surface area contributed by atoms with Gasteiger partial charge in [0.25, 0.3) is 5.91 Å². The van der Waals surface area contributed by atoms with Gasteiger partial charge in [-0.1, -0.05) is 54.1 Å². The Morgan fingerprint density at radius 1 is 1.23 bits per heavy atom. The van der Waals surface area contributed by atoms with Crippen LogP contribution in [0, 0.1) is 12.8 Å².